The number of β-lactam (4-membered cyclic amide) rings is 1. The van der Waals surface area contributed by atoms with Crippen LogP contribution >= 0.6 is 46.7 Å². The number of amides is 3. The first-order valence-electron chi connectivity index (χ1n) is 13.2. The minimum atomic E-state index is -1.39. The van der Waals surface area contributed by atoms with E-state index in [1.54, 1.807) is 18.2 Å². The summed E-state index contributed by atoms with van der Waals surface area (Å²) in [6.07, 6.45) is 2.18. The maximum Gasteiger partial charge on any atom is 0.253 e. The lowest BCUT2D eigenvalue weighted by Gasteiger charge is -2.55. The monoisotopic (exact) mass is 627 g/mol. The fourth-order valence-electron chi connectivity index (χ4n) is 6.23. The van der Waals surface area contributed by atoms with E-state index < -0.39 is 23.3 Å². The maximum atomic E-state index is 13.1. The number of carboxylic acids is 1. The van der Waals surface area contributed by atoms with Crippen molar-refractivity contribution in [3.63, 3.8) is 0 Å². The number of hydrogen-bond donors (Lipinski definition) is 3. The summed E-state index contributed by atoms with van der Waals surface area (Å²) in [6, 6.07) is 4.19. The normalized spacial score (nSPS) is 29.1. The Bertz CT molecular complexity index is 1260. The number of nitrogens with zero attached hydrogens (tertiary/aromatic N) is 2. The van der Waals surface area contributed by atoms with Gasteiger partial charge in [-0.25, -0.2) is 0 Å². The molecule has 5 aliphatic heterocycles. The molecule has 1 aromatic rings. The van der Waals surface area contributed by atoms with Crippen molar-refractivity contribution in [2.75, 3.05) is 44.2 Å². The lowest BCUT2D eigenvalue weighted by Crippen LogP contribution is -2.72. The van der Waals surface area contributed by atoms with Crippen molar-refractivity contribution in [1.29, 1.82) is 0 Å². The van der Waals surface area contributed by atoms with Gasteiger partial charge in [0.05, 0.1) is 48.1 Å². The molecule has 6 rings (SSSR count). The highest BCUT2D eigenvalue weighted by Crippen LogP contribution is 2.42. The van der Waals surface area contributed by atoms with E-state index in [-0.39, 0.29) is 35.7 Å². The second-order valence-electron chi connectivity index (χ2n) is 10.7. The molecule has 0 aromatic heterocycles. The molecular weight excluding hydrogens is 597 g/mol. The molecule has 4 fully saturated rings. The summed E-state index contributed by atoms with van der Waals surface area (Å²) < 4.78 is 0.674. The Hall–Kier alpha value is -1.96. The Morgan fingerprint density at radius 1 is 1.18 bits per heavy atom. The predicted molar refractivity (Wildman–Crippen MR) is 152 cm³/mol. The number of fused-ring (bicyclic) bond motifs is 4. The molecule has 10 nitrogen and oxygen atoms in total. The van der Waals surface area contributed by atoms with Crippen LogP contribution in [0.3, 0.4) is 0 Å². The number of benzene rings is 1. The molecule has 5 aliphatic rings. The zero-order valence-electron chi connectivity index (χ0n) is 21.7. The van der Waals surface area contributed by atoms with Crippen LogP contribution in [0, 0.1) is 5.92 Å². The maximum absolute atomic E-state index is 13.1. The van der Waals surface area contributed by atoms with Crippen LogP contribution in [-0.4, -0.2) is 94.8 Å². The summed E-state index contributed by atoms with van der Waals surface area (Å²) in [5.41, 5.74) is 6.11. The quantitative estimate of drug-likeness (QED) is 0.194. The van der Waals surface area contributed by atoms with E-state index in [9.17, 15) is 24.3 Å². The van der Waals surface area contributed by atoms with Gasteiger partial charge < -0.3 is 30.8 Å². The minimum absolute atomic E-state index is 0.0274. The molecule has 4 N–H and O–H groups in total. The van der Waals surface area contributed by atoms with Gasteiger partial charge in [0.25, 0.3) is 5.91 Å². The first kappa shape index (κ1) is 29.5. The van der Waals surface area contributed by atoms with Crippen molar-refractivity contribution in [3.8, 4) is 0 Å². The number of carboxylic acid groups (broad SMARTS) is 1. The highest BCUT2D eigenvalue weighted by atomic mass is 35.5. The van der Waals surface area contributed by atoms with Crippen LogP contribution in [0.25, 0.3) is 0 Å². The van der Waals surface area contributed by atoms with Crippen molar-refractivity contribution in [3.05, 3.63) is 39.5 Å². The first-order valence-corrected chi connectivity index (χ1v) is 16.0. The lowest BCUT2D eigenvalue weighted by atomic mass is 9.81. The molecule has 0 aliphatic carbocycles. The second-order valence-corrected chi connectivity index (χ2v) is 13.7. The highest BCUT2D eigenvalue weighted by Gasteiger charge is 2.54. The van der Waals surface area contributed by atoms with Gasteiger partial charge in [-0.3, -0.25) is 19.3 Å². The van der Waals surface area contributed by atoms with E-state index in [1.807, 2.05) is 0 Å². The fourth-order valence-corrected chi connectivity index (χ4v) is 8.87. The van der Waals surface area contributed by atoms with Gasteiger partial charge in [0.15, 0.2) is 0 Å². The van der Waals surface area contributed by atoms with Gasteiger partial charge in [0.1, 0.15) is 18.0 Å². The molecule has 40 heavy (non-hydrogen) atoms. The van der Waals surface area contributed by atoms with Crippen LogP contribution < -0.4 is 21.5 Å². The van der Waals surface area contributed by atoms with E-state index in [0.29, 0.717) is 49.8 Å². The third-order valence-corrected chi connectivity index (χ3v) is 11.2. The van der Waals surface area contributed by atoms with E-state index in [2.05, 4.69) is 10.6 Å². The molecule has 14 heteroatoms. The number of carbonyl (C=O) groups is 4. The topological polar surface area (TPSA) is 145 Å². The van der Waals surface area contributed by atoms with Crippen molar-refractivity contribution in [2.24, 2.45) is 11.7 Å². The molecule has 1 aromatic carbocycles. The number of thioether (sulfide) groups is 2. The van der Waals surface area contributed by atoms with Crippen molar-refractivity contribution < 1.29 is 28.8 Å². The van der Waals surface area contributed by atoms with Gasteiger partial charge in [-0.1, -0.05) is 23.2 Å². The van der Waals surface area contributed by atoms with E-state index in [4.69, 9.17) is 28.9 Å². The Labute approximate surface area is 250 Å². The smallest absolute Gasteiger partial charge is 0.253 e. The van der Waals surface area contributed by atoms with Crippen molar-refractivity contribution in [2.45, 2.75) is 41.6 Å². The number of quaternary nitrogens is 1. The van der Waals surface area contributed by atoms with E-state index >= 15 is 0 Å². The van der Waals surface area contributed by atoms with Crippen LogP contribution in [0.2, 0.25) is 10.0 Å². The largest absolute Gasteiger partial charge is 0.543 e. The van der Waals surface area contributed by atoms with Crippen molar-refractivity contribution >= 4 is 70.4 Å². The number of halogens is 2. The Morgan fingerprint density at radius 2 is 1.93 bits per heavy atom. The van der Waals surface area contributed by atoms with Crippen LogP contribution in [0.15, 0.2) is 34.4 Å². The van der Waals surface area contributed by atoms with Gasteiger partial charge in [-0.05, 0) is 24.1 Å². The zero-order chi connectivity index (χ0) is 28.6. The lowest BCUT2D eigenvalue weighted by molar-refractivity contribution is -0.939. The third-order valence-electron chi connectivity index (χ3n) is 8.15. The Balaban J connectivity index is 1.24. The van der Waals surface area contributed by atoms with Gasteiger partial charge >= 0.3 is 0 Å². The molecule has 1 unspecified atom stereocenters. The standard InChI is InChI=1S/C26H31Cl2N5O5S2/c27-16-1-2-17(28)19(9-16)39-13-21(35)31-22-24(36)32-23(26(37)38)15(12-40-25(22)32)10-33-7-4-14(5-8-33)18(11-33)30-20(34)3-6-29/h1-2,9,14,18,22,25H,3-8,10-13,29H2,(H2-,30,31,34,35,37,38)/t14?,18?,22-,25-,33?/m1/s1. The Kier molecular flexibility index (Phi) is 8.94. The average Bonchev–Trinajstić information content (AvgIpc) is 2.92. The van der Waals surface area contributed by atoms with Gasteiger partial charge in [-0.15, -0.1) is 23.5 Å². The van der Waals surface area contributed by atoms with Crippen LogP contribution in [0.1, 0.15) is 19.3 Å². The molecule has 0 radical (unpaired) electrons. The van der Waals surface area contributed by atoms with Gasteiger partial charge in [0, 0.05) is 47.1 Å². The summed E-state index contributed by atoms with van der Waals surface area (Å²) in [5.74, 6) is -1.40. The molecule has 2 bridgehead atoms. The van der Waals surface area contributed by atoms with Crippen LogP contribution in [-0.2, 0) is 19.2 Å². The zero-order valence-corrected chi connectivity index (χ0v) is 24.8. The Morgan fingerprint density at radius 3 is 2.62 bits per heavy atom. The number of aliphatic carboxylic acids is 1. The first-order chi connectivity index (χ1) is 19.1. The third kappa shape index (κ3) is 5.98. The SMILES string of the molecule is NCCC(=O)NC1C[N+]2(CC3=C(C(=O)[O-])N4C(=O)[C@@H](NC(=O)CSc5cc(Cl)ccc5Cl)[C@H]4SC3)CCC1CC2. The van der Waals surface area contributed by atoms with Crippen molar-refractivity contribution in [1.82, 2.24) is 15.5 Å². The van der Waals surface area contributed by atoms with Crippen LogP contribution in [0.4, 0.5) is 0 Å². The number of rotatable bonds is 10. The molecule has 0 spiro atoms. The summed E-state index contributed by atoms with van der Waals surface area (Å²) in [5, 5.41) is 18.6. The molecule has 4 saturated heterocycles. The predicted octanol–water partition coefficient (Wildman–Crippen LogP) is 0.563. The van der Waals surface area contributed by atoms with Crippen LogP contribution in [0.5, 0.6) is 0 Å². The number of piperidine rings is 3. The summed E-state index contributed by atoms with van der Waals surface area (Å²) in [4.78, 5) is 52.2. The molecule has 3 atom stereocenters. The fraction of sp³-hybridized carbons (Fsp3) is 0.538. The summed E-state index contributed by atoms with van der Waals surface area (Å²) >= 11 is 14.8. The number of carbonyl (C=O) groups excluding carboxylic acids is 4. The molecule has 3 amide bonds. The van der Waals surface area contributed by atoms with Gasteiger partial charge in [0.2, 0.25) is 11.8 Å². The molecule has 216 valence electrons. The minimum Gasteiger partial charge on any atom is -0.543 e. The summed E-state index contributed by atoms with van der Waals surface area (Å²) in [7, 11) is 0. The number of nitrogens with two attached hydrogens (primary N) is 1. The second kappa shape index (κ2) is 12.1. The van der Waals surface area contributed by atoms with Gasteiger partial charge in [-0.2, -0.15) is 0 Å². The average molecular weight is 629 g/mol. The van der Waals surface area contributed by atoms with E-state index in [1.165, 1.54) is 28.4 Å². The molecule has 0 saturated carbocycles. The number of nitrogens with one attached hydrogen (secondary N) is 2. The highest BCUT2D eigenvalue weighted by molar-refractivity contribution is 8.00. The van der Waals surface area contributed by atoms with E-state index in [0.717, 1.165) is 32.5 Å². The number of hydrogen-bond acceptors (Lipinski definition) is 8. The molecule has 5 heterocycles. The molecular formula is C26H31Cl2N5O5S2. The summed E-state index contributed by atoms with van der Waals surface area (Å²) in [6.45, 7) is 3.29.